The monoisotopic (exact) mass is 308 g/mol. The minimum atomic E-state index is -0.328. The van der Waals surface area contributed by atoms with Crippen molar-refractivity contribution in [3.63, 3.8) is 0 Å². The van der Waals surface area contributed by atoms with Crippen molar-refractivity contribution in [2.45, 2.75) is 13.5 Å². The van der Waals surface area contributed by atoms with E-state index in [0.717, 1.165) is 11.1 Å². The number of nitrogens with zero attached hydrogens (tertiary/aromatic N) is 2. The lowest BCUT2D eigenvalue weighted by molar-refractivity contribution is 0.0952. The van der Waals surface area contributed by atoms with Gasteiger partial charge in [0, 0.05) is 24.5 Å². The van der Waals surface area contributed by atoms with Crippen LogP contribution in [0.5, 0.6) is 0 Å². The predicted molar refractivity (Wildman–Crippen MR) is 86.5 cm³/mol. The molecule has 0 radical (unpaired) electrons. The molecule has 0 spiro atoms. The van der Waals surface area contributed by atoms with Gasteiger partial charge in [0.15, 0.2) is 0 Å². The van der Waals surface area contributed by atoms with E-state index in [2.05, 4.69) is 15.5 Å². The normalized spacial score (nSPS) is 10.5. The molecule has 0 unspecified atom stereocenters. The molecule has 0 saturated heterocycles. The molecule has 116 valence electrons. The molecule has 0 atom stereocenters. The minimum Gasteiger partial charge on any atom is -0.367 e. The number of amides is 1. The second kappa shape index (κ2) is 6.31. The van der Waals surface area contributed by atoms with E-state index < -0.39 is 0 Å². The van der Waals surface area contributed by atoms with Gasteiger partial charge in [0.2, 0.25) is 5.88 Å². The summed E-state index contributed by atoms with van der Waals surface area (Å²) in [4.78, 5) is 16.5. The molecule has 6 heteroatoms. The Labute approximate surface area is 133 Å². The highest BCUT2D eigenvalue weighted by atomic mass is 16.5. The number of aromatic nitrogens is 2. The molecular formula is C17H16N4O2. The van der Waals surface area contributed by atoms with Crippen LogP contribution in [0, 0.1) is 6.92 Å². The van der Waals surface area contributed by atoms with Gasteiger partial charge in [0.05, 0.1) is 0 Å². The Hall–Kier alpha value is -3.15. The molecule has 1 aromatic carbocycles. The molecule has 0 fully saturated rings. The predicted octanol–water partition coefficient (Wildman–Crippen LogP) is 2.56. The Bertz CT molecular complexity index is 828. The van der Waals surface area contributed by atoms with Gasteiger partial charge in [-0.15, -0.1) is 0 Å². The first-order valence-electron chi connectivity index (χ1n) is 7.15. The molecule has 1 amide bonds. The van der Waals surface area contributed by atoms with Crippen LogP contribution in [0.1, 0.15) is 21.5 Å². The van der Waals surface area contributed by atoms with Crippen LogP contribution in [0.15, 0.2) is 53.3 Å². The average molecular weight is 308 g/mol. The summed E-state index contributed by atoms with van der Waals surface area (Å²) < 4.78 is 4.99. The maximum atomic E-state index is 12.5. The molecular weight excluding hydrogens is 292 g/mol. The van der Waals surface area contributed by atoms with E-state index in [9.17, 15) is 4.79 Å². The zero-order chi connectivity index (χ0) is 16.2. The van der Waals surface area contributed by atoms with Crippen molar-refractivity contribution in [1.29, 1.82) is 0 Å². The van der Waals surface area contributed by atoms with Crippen LogP contribution < -0.4 is 11.1 Å². The highest BCUT2D eigenvalue weighted by molar-refractivity contribution is 6.03. The highest BCUT2D eigenvalue weighted by Gasteiger charge is 2.22. The first-order chi connectivity index (χ1) is 11.2. The van der Waals surface area contributed by atoms with Crippen LogP contribution in [0.2, 0.25) is 0 Å². The van der Waals surface area contributed by atoms with Gasteiger partial charge >= 0.3 is 0 Å². The van der Waals surface area contributed by atoms with Crippen molar-refractivity contribution in [2.75, 3.05) is 5.73 Å². The van der Waals surface area contributed by atoms with E-state index in [-0.39, 0.29) is 17.4 Å². The zero-order valence-corrected chi connectivity index (χ0v) is 12.6. The fourth-order valence-corrected chi connectivity index (χ4v) is 2.29. The standard InChI is InChI=1S/C17H16N4O2/c1-11-5-2-3-6-12(11)10-20-17(22)14-15(21-23-16(14)18)13-7-4-8-19-9-13/h2-9H,10,18H2,1H3,(H,20,22). The number of aryl methyl sites for hydroxylation is 1. The lowest BCUT2D eigenvalue weighted by atomic mass is 10.1. The lowest BCUT2D eigenvalue weighted by Gasteiger charge is -2.08. The third kappa shape index (κ3) is 3.06. The number of nitrogens with two attached hydrogens (primary N) is 1. The summed E-state index contributed by atoms with van der Waals surface area (Å²) >= 11 is 0. The maximum absolute atomic E-state index is 12.5. The summed E-state index contributed by atoms with van der Waals surface area (Å²) in [5.41, 5.74) is 9.21. The molecule has 0 saturated carbocycles. The fraction of sp³-hybridized carbons (Fsp3) is 0.118. The van der Waals surface area contributed by atoms with Crippen LogP contribution in [0.25, 0.3) is 11.3 Å². The Morgan fingerprint density at radius 1 is 1.26 bits per heavy atom. The molecule has 3 rings (SSSR count). The molecule has 2 aromatic heterocycles. The van der Waals surface area contributed by atoms with Crippen LogP contribution in [0.3, 0.4) is 0 Å². The van der Waals surface area contributed by atoms with E-state index in [0.29, 0.717) is 17.8 Å². The van der Waals surface area contributed by atoms with Crippen LogP contribution in [0.4, 0.5) is 5.88 Å². The molecule has 2 heterocycles. The van der Waals surface area contributed by atoms with Crippen molar-refractivity contribution >= 4 is 11.8 Å². The Balaban J connectivity index is 1.83. The Morgan fingerprint density at radius 2 is 2.09 bits per heavy atom. The van der Waals surface area contributed by atoms with Crippen molar-refractivity contribution < 1.29 is 9.32 Å². The van der Waals surface area contributed by atoms with E-state index in [1.807, 2.05) is 31.2 Å². The summed E-state index contributed by atoms with van der Waals surface area (Å²) in [6, 6.07) is 11.4. The zero-order valence-electron chi connectivity index (χ0n) is 12.6. The van der Waals surface area contributed by atoms with Crippen LogP contribution in [-0.2, 0) is 6.54 Å². The molecule has 3 aromatic rings. The van der Waals surface area contributed by atoms with Crippen molar-refractivity contribution in [2.24, 2.45) is 0 Å². The minimum absolute atomic E-state index is 0.00821. The largest absolute Gasteiger partial charge is 0.367 e. The molecule has 0 aliphatic carbocycles. The van der Waals surface area contributed by atoms with Crippen molar-refractivity contribution in [1.82, 2.24) is 15.5 Å². The van der Waals surface area contributed by atoms with Gasteiger partial charge in [-0.3, -0.25) is 9.78 Å². The number of benzene rings is 1. The van der Waals surface area contributed by atoms with Gasteiger partial charge in [-0.25, -0.2) is 0 Å². The smallest absolute Gasteiger partial charge is 0.259 e. The summed E-state index contributed by atoms with van der Waals surface area (Å²) in [5, 5.41) is 6.73. The van der Waals surface area contributed by atoms with Gasteiger partial charge in [0.1, 0.15) is 11.3 Å². The Morgan fingerprint density at radius 3 is 2.83 bits per heavy atom. The van der Waals surface area contributed by atoms with Gasteiger partial charge < -0.3 is 15.6 Å². The van der Waals surface area contributed by atoms with E-state index in [1.165, 1.54) is 0 Å². The maximum Gasteiger partial charge on any atom is 0.259 e. The number of carbonyl (C=O) groups excluding carboxylic acids is 1. The van der Waals surface area contributed by atoms with Gasteiger partial charge in [0.25, 0.3) is 5.91 Å². The number of nitrogen functional groups attached to an aromatic ring is 1. The number of hydrogen-bond acceptors (Lipinski definition) is 5. The summed E-state index contributed by atoms with van der Waals surface area (Å²) in [5.74, 6) is -0.336. The molecule has 0 aliphatic heterocycles. The second-order valence-electron chi connectivity index (χ2n) is 5.12. The molecule has 3 N–H and O–H groups in total. The quantitative estimate of drug-likeness (QED) is 0.772. The number of pyridine rings is 1. The van der Waals surface area contributed by atoms with E-state index in [1.54, 1.807) is 24.5 Å². The number of carbonyl (C=O) groups is 1. The third-order valence-electron chi connectivity index (χ3n) is 3.58. The van der Waals surface area contributed by atoms with Gasteiger partial charge in [-0.05, 0) is 30.2 Å². The number of hydrogen-bond donors (Lipinski definition) is 2. The van der Waals surface area contributed by atoms with Crippen LogP contribution in [-0.4, -0.2) is 16.0 Å². The summed E-state index contributed by atoms with van der Waals surface area (Å²) in [7, 11) is 0. The SMILES string of the molecule is Cc1ccccc1CNC(=O)c1c(-c2cccnc2)noc1N. The lowest BCUT2D eigenvalue weighted by Crippen LogP contribution is -2.24. The van der Waals surface area contributed by atoms with E-state index in [4.69, 9.17) is 10.3 Å². The van der Waals surface area contributed by atoms with Gasteiger partial charge in [-0.1, -0.05) is 29.4 Å². The van der Waals surface area contributed by atoms with Crippen LogP contribution >= 0.6 is 0 Å². The Kier molecular flexibility index (Phi) is 4.05. The van der Waals surface area contributed by atoms with Crippen molar-refractivity contribution in [3.8, 4) is 11.3 Å². The first kappa shape index (κ1) is 14.8. The molecule has 0 aliphatic rings. The van der Waals surface area contributed by atoms with E-state index >= 15 is 0 Å². The van der Waals surface area contributed by atoms with Gasteiger partial charge in [-0.2, -0.15) is 0 Å². The third-order valence-corrected chi connectivity index (χ3v) is 3.58. The van der Waals surface area contributed by atoms with Crippen molar-refractivity contribution in [3.05, 3.63) is 65.5 Å². The molecule has 0 bridgehead atoms. The summed E-state index contributed by atoms with van der Waals surface area (Å²) in [6.45, 7) is 2.40. The highest BCUT2D eigenvalue weighted by Crippen LogP contribution is 2.26. The topological polar surface area (TPSA) is 94.0 Å². The molecule has 6 nitrogen and oxygen atoms in total. The number of rotatable bonds is 4. The fourth-order valence-electron chi connectivity index (χ4n) is 2.29. The summed E-state index contributed by atoms with van der Waals surface area (Å²) in [6.07, 6.45) is 3.25. The second-order valence-corrected chi connectivity index (χ2v) is 5.12. The number of anilines is 1. The number of nitrogens with one attached hydrogen (secondary N) is 1. The first-order valence-corrected chi connectivity index (χ1v) is 7.15. The average Bonchev–Trinajstić information content (AvgIpc) is 2.96. The molecule has 23 heavy (non-hydrogen) atoms.